The van der Waals surface area contributed by atoms with E-state index in [1.165, 1.54) is 10.9 Å². The van der Waals surface area contributed by atoms with Crippen molar-refractivity contribution in [2.45, 2.75) is 6.54 Å². The Kier molecular flexibility index (Phi) is 4.24. The highest BCUT2D eigenvalue weighted by Gasteiger charge is 2.07. The Balaban J connectivity index is 2.29. The molecule has 0 bridgehead atoms. The van der Waals surface area contributed by atoms with Crippen LogP contribution in [-0.2, 0) is 6.54 Å². The van der Waals surface area contributed by atoms with Gasteiger partial charge in [-0.1, -0.05) is 30.3 Å². The smallest absolute Gasteiger partial charge is 0.350 e. The number of benzene rings is 1. The van der Waals surface area contributed by atoms with Crippen molar-refractivity contribution in [3.8, 4) is 0 Å². The molecule has 20 heavy (non-hydrogen) atoms. The van der Waals surface area contributed by atoms with Crippen LogP contribution in [0.25, 0.3) is 0 Å². The standard InChI is InChI=1S/C14H15FN4O/c1-18(2)10-16-13-12(15)9-19(14(20)17-13)8-11-6-4-3-5-7-11/h3-7,9-10H,8H2,1-2H3/b16-10+. The molecule has 0 saturated heterocycles. The average molecular weight is 274 g/mol. The Hall–Kier alpha value is -2.50. The van der Waals surface area contributed by atoms with Crippen molar-refractivity contribution in [3.05, 3.63) is 58.4 Å². The number of rotatable bonds is 4. The fraction of sp³-hybridized carbons (Fsp3) is 0.214. The SMILES string of the molecule is CN(C)/C=N/c1nc(=O)n(Cc2ccccc2)cc1F. The molecule has 6 heteroatoms. The van der Waals surface area contributed by atoms with Crippen LogP contribution in [0, 0.1) is 5.82 Å². The molecule has 1 heterocycles. The first-order chi connectivity index (χ1) is 9.56. The Morgan fingerprint density at radius 3 is 2.70 bits per heavy atom. The molecule has 0 radical (unpaired) electrons. The highest BCUT2D eigenvalue weighted by molar-refractivity contribution is 5.58. The summed E-state index contributed by atoms with van der Waals surface area (Å²) in [5, 5.41) is 0. The Labute approximate surface area is 116 Å². The number of hydrogen-bond acceptors (Lipinski definition) is 3. The van der Waals surface area contributed by atoms with Crippen LogP contribution >= 0.6 is 0 Å². The molecule has 0 fully saturated rings. The summed E-state index contributed by atoms with van der Waals surface area (Å²) in [6, 6.07) is 9.33. The summed E-state index contributed by atoms with van der Waals surface area (Å²) in [4.78, 5) is 20.9. The van der Waals surface area contributed by atoms with Crippen molar-refractivity contribution >= 4 is 12.2 Å². The topological polar surface area (TPSA) is 50.5 Å². The van der Waals surface area contributed by atoms with Gasteiger partial charge in [-0.3, -0.25) is 4.57 Å². The Morgan fingerprint density at radius 1 is 1.35 bits per heavy atom. The van der Waals surface area contributed by atoms with E-state index >= 15 is 0 Å². The van der Waals surface area contributed by atoms with E-state index in [-0.39, 0.29) is 12.4 Å². The van der Waals surface area contributed by atoms with Crippen molar-refractivity contribution in [1.82, 2.24) is 14.5 Å². The lowest BCUT2D eigenvalue weighted by Gasteiger charge is -2.06. The minimum Gasteiger partial charge on any atom is -0.369 e. The number of nitrogens with zero attached hydrogens (tertiary/aromatic N) is 4. The van der Waals surface area contributed by atoms with Gasteiger partial charge in [0.1, 0.15) is 0 Å². The van der Waals surface area contributed by atoms with Gasteiger partial charge >= 0.3 is 5.69 Å². The normalized spacial score (nSPS) is 10.9. The number of hydrogen-bond donors (Lipinski definition) is 0. The third-order valence-electron chi connectivity index (χ3n) is 2.54. The van der Waals surface area contributed by atoms with Crippen LogP contribution in [0.1, 0.15) is 5.56 Å². The van der Waals surface area contributed by atoms with Gasteiger partial charge in [-0.15, -0.1) is 0 Å². The van der Waals surface area contributed by atoms with Gasteiger partial charge < -0.3 is 4.90 Å². The molecular formula is C14H15FN4O. The molecule has 0 saturated carbocycles. The van der Waals surface area contributed by atoms with E-state index in [1.807, 2.05) is 30.3 Å². The van der Waals surface area contributed by atoms with E-state index in [2.05, 4.69) is 9.98 Å². The Bertz CT molecular complexity index is 665. The summed E-state index contributed by atoms with van der Waals surface area (Å²) < 4.78 is 15.1. The molecule has 0 aliphatic heterocycles. The molecule has 2 rings (SSSR count). The molecule has 0 aliphatic carbocycles. The number of aromatic nitrogens is 2. The summed E-state index contributed by atoms with van der Waals surface area (Å²) in [6.07, 6.45) is 2.52. The van der Waals surface area contributed by atoms with E-state index in [0.717, 1.165) is 11.8 Å². The predicted octanol–water partition coefficient (Wildman–Crippen LogP) is 1.65. The minimum atomic E-state index is -0.626. The quantitative estimate of drug-likeness (QED) is 0.629. The van der Waals surface area contributed by atoms with E-state index in [4.69, 9.17) is 0 Å². The molecule has 0 unspecified atom stereocenters. The lowest BCUT2D eigenvalue weighted by atomic mass is 10.2. The molecule has 0 spiro atoms. The maximum atomic E-state index is 13.8. The van der Waals surface area contributed by atoms with Crippen LogP contribution < -0.4 is 5.69 Å². The minimum absolute atomic E-state index is 0.201. The maximum absolute atomic E-state index is 13.8. The van der Waals surface area contributed by atoms with Gasteiger partial charge in [-0.05, 0) is 5.56 Å². The first-order valence-corrected chi connectivity index (χ1v) is 6.08. The lowest BCUT2D eigenvalue weighted by molar-refractivity contribution is 0.581. The second kappa shape index (κ2) is 6.10. The molecule has 1 aromatic carbocycles. The highest BCUT2D eigenvalue weighted by atomic mass is 19.1. The third kappa shape index (κ3) is 3.50. The van der Waals surface area contributed by atoms with Gasteiger partial charge in [0, 0.05) is 20.3 Å². The summed E-state index contributed by atoms with van der Waals surface area (Å²) in [5.74, 6) is -0.827. The van der Waals surface area contributed by atoms with Crippen LogP contribution in [0.5, 0.6) is 0 Å². The van der Waals surface area contributed by atoms with Crippen LogP contribution in [0.15, 0.2) is 46.3 Å². The molecule has 5 nitrogen and oxygen atoms in total. The van der Waals surface area contributed by atoms with E-state index in [9.17, 15) is 9.18 Å². The van der Waals surface area contributed by atoms with Gasteiger partial charge in [-0.2, -0.15) is 4.98 Å². The van der Waals surface area contributed by atoms with Crippen molar-refractivity contribution in [3.63, 3.8) is 0 Å². The van der Waals surface area contributed by atoms with Gasteiger partial charge in [0.25, 0.3) is 0 Å². The van der Waals surface area contributed by atoms with Crippen LogP contribution in [0.3, 0.4) is 0 Å². The van der Waals surface area contributed by atoms with Gasteiger partial charge in [0.05, 0.1) is 12.9 Å². The second-order valence-electron chi connectivity index (χ2n) is 4.52. The van der Waals surface area contributed by atoms with E-state index < -0.39 is 11.5 Å². The number of aliphatic imine (C=N–C) groups is 1. The summed E-state index contributed by atoms with van der Waals surface area (Å²) in [6.45, 7) is 0.279. The first kappa shape index (κ1) is 13.9. The Morgan fingerprint density at radius 2 is 2.05 bits per heavy atom. The second-order valence-corrected chi connectivity index (χ2v) is 4.52. The molecule has 0 amide bonds. The maximum Gasteiger partial charge on any atom is 0.350 e. The summed E-state index contributed by atoms with van der Waals surface area (Å²) in [5.41, 5.74) is 0.376. The lowest BCUT2D eigenvalue weighted by Crippen LogP contribution is -2.23. The first-order valence-electron chi connectivity index (χ1n) is 6.08. The fourth-order valence-corrected chi connectivity index (χ4v) is 1.61. The van der Waals surface area contributed by atoms with E-state index in [1.54, 1.807) is 19.0 Å². The van der Waals surface area contributed by atoms with Crippen molar-refractivity contribution < 1.29 is 4.39 Å². The summed E-state index contributed by atoms with van der Waals surface area (Å²) in [7, 11) is 3.50. The van der Waals surface area contributed by atoms with Gasteiger partial charge in [0.15, 0.2) is 11.6 Å². The fourth-order valence-electron chi connectivity index (χ4n) is 1.61. The van der Waals surface area contributed by atoms with Crippen molar-refractivity contribution in [2.24, 2.45) is 4.99 Å². The average Bonchev–Trinajstić information content (AvgIpc) is 2.42. The zero-order valence-electron chi connectivity index (χ0n) is 11.3. The van der Waals surface area contributed by atoms with Crippen molar-refractivity contribution in [1.29, 1.82) is 0 Å². The zero-order valence-corrected chi connectivity index (χ0v) is 11.3. The molecule has 0 aliphatic rings. The molecule has 2 aromatic rings. The molecule has 1 aromatic heterocycles. The highest BCUT2D eigenvalue weighted by Crippen LogP contribution is 2.11. The van der Waals surface area contributed by atoms with Gasteiger partial charge in [0.2, 0.25) is 0 Å². The zero-order chi connectivity index (χ0) is 14.5. The predicted molar refractivity (Wildman–Crippen MR) is 75.8 cm³/mol. The molecule has 0 N–H and O–H groups in total. The van der Waals surface area contributed by atoms with Crippen molar-refractivity contribution in [2.75, 3.05) is 14.1 Å². The van der Waals surface area contributed by atoms with Crippen LogP contribution in [0.4, 0.5) is 10.2 Å². The van der Waals surface area contributed by atoms with Crippen LogP contribution in [-0.4, -0.2) is 34.9 Å². The summed E-state index contributed by atoms with van der Waals surface area (Å²) >= 11 is 0. The number of halogens is 1. The van der Waals surface area contributed by atoms with E-state index in [0.29, 0.717) is 0 Å². The molecule has 104 valence electrons. The largest absolute Gasteiger partial charge is 0.369 e. The molecular weight excluding hydrogens is 259 g/mol. The van der Waals surface area contributed by atoms with Gasteiger partial charge in [-0.25, -0.2) is 14.2 Å². The third-order valence-corrected chi connectivity index (χ3v) is 2.54. The monoisotopic (exact) mass is 274 g/mol. The molecule has 0 atom stereocenters. The van der Waals surface area contributed by atoms with Crippen LogP contribution in [0.2, 0.25) is 0 Å².